The smallest absolute Gasteiger partial charge is 0.258 e. The normalized spacial score (nSPS) is 17.2. The number of hydrogen-bond acceptors (Lipinski definition) is 6. The predicted octanol–water partition coefficient (Wildman–Crippen LogP) is 3.91. The number of ether oxygens (including phenoxy) is 1. The first-order valence-corrected chi connectivity index (χ1v) is 15.1. The Balaban J connectivity index is 1.49. The van der Waals surface area contributed by atoms with Crippen molar-refractivity contribution in [3.63, 3.8) is 0 Å². The van der Waals surface area contributed by atoms with E-state index in [1.807, 2.05) is 76.2 Å². The number of aliphatic hydroxyl groups excluding tert-OH is 1. The van der Waals surface area contributed by atoms with Gasteiger partial charge in [0.2, 0.25) is 5.91 Å². The Bertz CT molecular complexity index is 1430. The van der Waals surface area contributed by atoms with Gasteiger partial charge in [-0.15, -0.1) is 11.8 Å². The lowest BCUT2D eigenvalue weighted by molar-refractivity contribution is -0.148. The summed E-state index contributed by atoms with van der Waals surface area (Å²) in [7, 11) is 0. The van der Waals surface area contributed by atoms with Gasteiger partial charge in [-0.25, -0.2) is 4.39 Å². The molecule has 0 spiro atoms. The van der Waals surface area contributed by atoms with Gasteiger partial charge < -0.3 is 25.4 Å². The van der Waals surface area contributed by atoms with Gasteiger partial charge in [0.1, 0.15) is 17.6 Å². The summed E-state index contributed by atoms with van der Waals surface area (Å²) in [6, 6.07) is 19.1. The third-order valence-corrected chi connectivity index (χ3v) is 8.90. The number of thioether (sulfide) groups is 1. The average Bonchev–Trinajstić information content (AvgIpc) is 3.30. The van der Waals surface area contributed by atoms with Gasteiger partial charge in [-0.2, -0.15) is 0 Å². The van der Waals surface area contributed by atoms with Gasteiger partial charge in [-0.05, 0) is 56.9 Å². The van der Waals surface area contributed by atoms with E-state index in [2.05, 4.69) is 10.6 Å². The number of para-hydroxylation sites is 1. The summed E-state index contributed by atoms with van der Waals surface area (Å²) in [5.74, 6) is -1.29. The average molecular weight is 608 g/mol. The summed E-state index contributed by atoms with van der Waals surface area (Å²) >= 11 is 1.40. The number of rotatable bonds is 11. The summed E-state index contributed by atoms with van der Waals surface area (Å²) in [5.41, 5.74) is 2.91. The van der Waals surface area contributed by atoms with E-state index >= 15 is 0 Å². The van der Waals surface area contributed by atoms with Gasteiger partial charge in [0.05, 0.1) is 11.9 Å². The zero-order valence-corrected chi connectivity index (χ0v) is 25.6. The molecule has 0 radical (unpaired) electrons. The largest absolute Gasteiger partial charge is 0.483 e. The summed E-state index contributed by atoms with van der Waals surface area (Å²) in [4.78, 5) is 41.6. The second-order valence-corrected chi connectivity index (χ2v) is 12.8. The monoisotopic (exact) mass is 607 g/mol. The molecule has 0 saturated carbocycles. The molecule has 1 aliphatic rings. The molecule has 1 heterocycles. The third-order valence-electron chi connectivity index (χ3n) is 7.52. The molecule has 3 atom stereocenters. The maximum absolute atomic E-state index is 14.1. The summed E-state index contributed by atoms with van der Waals surface area (Å²) in [6.45, 7) is 7.13. The van der Waals surface area contributed by atoms with Crippen LogP contribution in [0.5, 0.6) is 5.75 Å². The van der Waals surface area contributed by atoms with Crippen molar-refractivity contribution in [1.82, 2.24) is 15.5 Å². The Kier molecular flexibility index (Phi) is 10.5. The highest BCUT2D eigenvalue weighted by Gasteiger charge is 2.49. The van der Waals surface area contributed by atoms with Crippen molar-refractivity contribution in [2.24, 2.45) is 0 Å². The van der Waals surface area contributed by atoms with Crippen molar-refractivity contribution in [2.75, 3.05) is 12.5 Å². The molecule has 228 valence electrons. The molecule has 3 aromatic carbocycles. The number of nitrogens with zero attached hydrogens (tertiary/aromatic N) is 1. The van der Waals surface area contributed by atoms with Gasteiger partial charge in [-0.1, -0.05) is 66.7 Å². The molecule has 0 unspecified atom stereocenters. The first-order chi connectivity index (χ1) is 20.5. The van der Waals surface area contributed by atoms with E-state index in [0.29, 0.717) is 11.3 Å². The number of amides is 3. The van der Waals surface area contributed by atoms with Crippen LogP contribution in [0.1, 0.15) is 36.1 Å². The van der Waals surface area contributed by atoms with E-state index in [1.54, 1.807) is 18.2 Å². The van der Waals surface area contributed by atoms with Crippen LogP contribution in [-0.2, 0) is 27.3 Å². The lowest BCUT2D eigenvalue weighted by Crippen LogP contribution is -2.59. The minimum absolute atomic E-state index is 0.0413. The van der Waals surface area contributed by atoms with Gasteiger partial charge in [0.25, 0.3) is 11.8 Å². The molecule has 4 rings (SSSR count). The number of halogens is 1. The minimum Gasteiger partial charge on any atom is -0.483 e. The fraction of sp³-hybridized carbons (Fsp3) is 0.364. The highest BCUT2D eigenvalue weighted by molar-refractivity contribution is 8.00. The molecule has 3 amide bonds. The van der Waals surface area contributed by atoms with Crippen molar-refractivity contribution in [2.45, 2.75) is 63.6 Å². The van der Waals surface area contributed by atoms with Crippen LogP contribution in [0.2, 0.25) is 0 Å². The van der Waals surface area contributed by atoms with Crippen LogP contribution in [0.3, 0.4) is 0 Å². The molecule has 0 aliphatic carbocycles. The Morgan fingerprint density at radius 2 is 1.67 bits per heavy atom. The van der Waals surface area contributed by atoms with Crippen molar-refractivity contribution < 1.29 is 28.6 Å². The van der Waals surface area contributed by atoms with E-state index in [-0.39, 0.29) is 25.4 Å². The predicted molar refractivity (Wildman–Crippen MR) is 165 cm³/mol. The lowest BCUT2D eigenvalue weighted by Gasteiger charge is -2.33. The van der Waals surface area contributed by atoms with Gasteiger partial charge in [-0.3, -0.25) is 14.4 Å². The molecule has 0 aromatic heterocycles. The van der Waals surface area contributed by atoms with Gasteiger partial charge >= 0.3 is 0 Å². The molecule has 0 bridgehead atoms. The van der Waals surface area contributed by atoms with Crippen molar-refractivity contribution in [3.05, 3.63) is 101 Å². The Hall–Kier alpha value is -3.89. The first kappa shape index (κ1) is 32.0. The summed E-state index contributed by atoms with van der Waals surface area (Å²) < 4.78 is 19.3. The lowest BCUT2D eigenvalue weighted by atomic mass is 9.97. The second-order valence-electron chi connectivity index (χ2n) is 11.2. The zero-order valence-electron chi connectivity index (χ0n) is 24.8. The van der Waals surface area contributed by atoms with E-state index < -0.39 is 46.5 Å². The first-order valence-electron chi connectivity index (χ1n) is 14.1. The number of aryl methyl sites for hydroxylation is 2. The zero-order chi connectivity index (χ0) is 31.1. The number of benzene rings is 3. The summed E-state index contributed by atoms with van der Waals surface area (Å²) in [5, 5.41) is 16.9. The van der Waals surface area contributed by atoms with Crippen LogP contribution in [-0.4, -0.2) is 63.1 Å². The van der Waals surface area contributed by atoms with Crippen LogP contribution in [0.25, 0.3) is 0 Å². The molecule has 1 fully saturated rings. The maximum atomic E-state index is 14.1. The quantitative estimate of drug-likeness (QED) is 0.305. The molecule has 8 nitrogen and oxygen atoms in total. The fourth-order valence-corrected chi connectivity index (χ4v) is 6.34. The number of aliphatic hydroxyl groups is 1. The minimum atomic E-state index is -1.64. The number of carbonyl (C=O) groups is 3. The maximum Gasteiger partial charge on any atom is 0.258 e. The van der Waals surface area contributed by atoms with Gasteiger partial charge in [0, 0.05) is 16.9 Å². The van der Waals surface area contributed by atoms with Gasteiger partial charge in [0.15, 0.2) is 12.7 Å². The second kappa shape index (κ2) is 14.1. The Labute approximate surface area is 256 Å². The highest BCUT2D eigenvalue weighted by Crippen LogP contribution is 2.40. The number of nitrogens with one attached hydrogen (secondary N) is 2. The van der Waals surface area contributed by atoms with E-state index in [4.69, 9.17) is 4.74 Å². The van der Waals surface area contributed by atoms with Crippen LogP contribution in [0, 0.1) is 19.7 Å². The molecule has 10 heteroatoms. The molecule has 3 N–H and O–H groups in total. The van der Waals surface area contributed by atoms with Crippen molar-refractivity contribution >= 4 is 29.5 Å². The molecule has 43 heavy (non-hydrogen) atoms. The van der Waals surface area contributed by atoms with Crippen LogP contribution >= 0.6 is 11.8 Å². The fourth-order valence-electron chi connectivity index (χ4n) is 5.20. The molecular weight excluding hydrogens is 569 g/mol. The molecular formula is C33H38FN3O5S. The van der Waals surface area contributed by atoms with Crippen LogP contribution in [0.4, 0.5) is 4.39 Å². The van der Waals surface area contributed by atoms with Crippen LogP contribution in [0.15, 0.2) is 72.8 Å². The molecule has 1 saturated heterocycles. The highest BCUT2D eigenvalue weighted by atomic mass is 32.2. The van der Waals surface area contributed by atoms with Crippen LogP contribution < -0.4 is 15.4 Å². The SMILES string of the molecule is Cc1cccc(C)c1OCC(=O)N[C@@H](Cc1ccccc1)[C@H](O)C(=O)N1CSC(C)(C)[C@H]1C(=O)NCc1ccccc1F. The van der Waals surface area contributed by atoms with E-state index in [9.17, 15) is 23.9 Å². The summed E-state index contributed by atoms with van der Waals surface area (Å²) in [6.07, 6.45) is -1.46. The topological polar surface area (TPSA) is 108 Å². The standard InChI is InChI=1S/C33H38FN3O5S/c1-21-11-10-12-22(2)29(21)42-19-27(38)36-26(17-23-13-6-5-7-14-23)28(39)32(41)37-20-43-33(3,4)30(37)31(40)35-18-24-15-8-9-16-25(24)34/h5-16,26,28,30,39H,17-20H2,1-4H3,(H,35,40)(H,36,38)/t26-,28-,30+/m0/s1. The van der Waals surface area contributed by atoms with E-state index in [1.165, 1.54) is 22.7 Å². The molecule has 3 aromatic rings. The van der Waals surface area contributed by atoms with Crippen molar-refractivity contribution in [1.29, 1.82) is 0 Å². The number of hydrogen-bond donors (Lipinski definition) is 3. The Morgan fingerprint density at radius 1 is 1.02 bits per heavy atom. The number of carbonyl (C=O) groups excluding carboxylic acids is 3. The van der Waals surface area contributed by atoms with E-state index in [0.717, 1.165) is 16.7 Å². The Morgan fingerprint density at radius 3 is 2.35 bits per heavy atom. The van der Waals surface area contributed by atoms with Crippen molar-refractivity contribution in [3.8, 4) is 5.75 Å². The third kappa shape index (κ3) is 7.94. The molecule has 1 aliphatic heterocycles.